The van der Waals surface area contributed by atoms with Gasteiger partial charge < -0.3 is 9.32 Å². The Morgan fingerprint density at radius 2 is 2.26 bits per heavy atom. The summed E-state index contributed by atoms with van der Waals surface area (Å²) in [5.74, 6) is 0.206. The van der Waals surface area contributed by atoms with E-state index in [9.17, 15) is 4.79 Å². The third-order valence-electron chi connectivity index (χ3n) is 3.67. The Morgan fingerprint density at radius 1 is 1.53 bits per heavy atom. The van der Waals surface area contributed by atoms with Crippen LogP contribution in [0, 0.1) is 0 Å². The van der Waals surface area contributed by atoms with E-state index in [1.54, 1.807) is 6.20 Å². The zero-order chi connectivity index (χ0) is 13.7. The van der Waals surface area contributed by atoms with Crippen LogP contribution in [-0.4, -0.2) is 33.6 Å². The molecule has 4 nitrogen and oxygen atoms in total. The first-order chi connectivity index (χ1) is 9.22. The SMILES string of the molecule is CCN(C(=O)[C@@H](C)Sc1ncco1)C1CCCCC1. The van der Waals surface area contributed by atoms with Gasteiger partial charge >= 0.3 is 0 Å². The normalized spacial score (nSPS) is 18.2. The van der Waals surface area contributed by atoms with E-state index in [1.807, 2.05) is 11.8 Å². The molecule has 1 aliphatic carbocycles. The van der Waals surface area contributed by atoms with Gasteiger partial charge in [0.05, 0.1) is 11.4 Å². The highest BCUT2D eigenvalue weighted by atomic mass is 32.2. The summed E-state index contributed by atoms with van der Waals surface area (Å²) in [6.07, 6.45) is 9.25. The average molecular weight is 282 g/mol. The van der Waals surface area contributed by atoms with Gasteiger partial charge in [-0.15, -0.1) is 0 Å². The minimum atomic E-state index is -0.138. The zero-order valence-electron chi connectivity index (χ0n) is 11.7. The maximum atomic E-state index is 12.5. The summed E-state index contributed by atoms with van der Waals surface area (Å²) < 4.78 is 5.19. The predicted molar refractivity (Wildman–Crippen MR) is 76.1 cm³/mol. The van der Waals surface area contributed by atoms with Crippen molar-refractivity contribution in [3.8, 4) is 0 Å². The standard InChI is InChI=1S/C14H22N2O2S/c1-3-16(12-7-5-4-6-8-12)13(17)11(2)19-14-15-9-10-18-14/h9-12H,3-8H2,1-2H3/t11-/m1/s1. The Morgan fingerprint density at radius 3 is 2.84 bits per heavy atom. The lowest BCUT2D eigenvalue weighted by Crippen LogP contribution is -2.44. The minimum absolute atomic E-state index is 0.138. The van der Waals surface area contributed by atoms with Gasteiger partial charge in [-0.2, -0.15) is 0 Å². The molecule has 0 radical (unpaired) electrons. The smallest absolute Gasteiger partial charge is 0.256 e. The lowest BCUT2D eigenvalue weighted by molar-refractivity contribution is -0.133. The second-order valence-electron chi connectivity index (χ2n) is 4.97. The van der Waals surface area contributed by atoms with E-state index in [4.69, 9.17) is 4.42 Å². The van der Waals surface area contributed by atoms with Crippen molar-refractivity contribution in [3.63, 3.8) is 0 Å². The summed E-state index contributed by atoms with van der Waals surface area (Å²) >= 11 is 1.40. The van der Waals surface area contributed by atoms with Crippen LogP contribution in [0.2, 0.25) is 0 Å². The van der Waals surface area contributed by atoms with Gasteiger partial charge in [0.25, 0.3) is 5.22 Å². The highest BCUT2D eigenvalue weighted by Crippen LogP contribution is 2.27. The van der Waals surface area contributed by atoms with Gasteiger partial charge in [-0.1, -0.05) is 31.0 Å². The van der Waals surface area contributed by atoms with Crippen molar-refractivity contribution in [1.29, 1.82) is 0 Å². The average Bonchev–Trinajstić information content (AvgIpc) is 2.93. The molecule has 0 unspecified atom stereocenters. The van der Waals surface area contributed by atoms with Crippen LogP contribution in [0.1, 0.15) is 46.0 Å². The molecule has 0 aliphatic heterocycles. The molecule has 1 aromatic heterocycles. The van der Waals surface area contributed by atoms with E-state index in [0.717, 1.165) is 19.4 Å². The summed E-state index contributed by atoms with van der Waals surface area (Å²) in [5.41, 5.74) is 0. The van der Waals surface area contributed by atoms with Crippen molar-refractivity contribution < 1.29 is 9.21 Å². The quantitative estimate of drug-likeness (QED) is 0.777. The molecule has 106 valence electrons. The van der Waals surface area contributed by atoms with Crippen LogP contribution >= 0.6 is 11.8 Å². The van der Waals surface area contributed by atoms with Gasteiger partial charge in [-0.05, 0) is 26.7 Å². The minimum Gasteiger partial charge on any atom is -0.440 e. The van der Waals surface area contributed by atoms with Crippen LogP contribution in [0.15, 0.2) is 22.1 Å². The Hall–Kier alpha value is -0.970. The maximum absolute atomic E-state index is 12.5. The first-order valence-corrected chi connectivity index (χ1v) is 7.97. The Labute approximate surface area is 118 Å². The summed E-state index contributed by atoms with van der Waals surface area (Å²) in [6.45, 7) is 4.79. The van der Waals surface area contributed by atoms with E-state index in [1.165, 1.54) is 37.3 Å². The number of carbonyl (C=O) groups is 1. The molecule has 1 atom stereocenters. The molecule has 1 fully saturated rings. The van der Waals surface area contributed by atoms with Crippen molar-refractivity contribution in [2.24, 2.45) is 0 Å². The number of carbonyl (C=O) groups excluding carboxylic acids is 1. The first kappa shape index (κ1) is 14.4. The van der Waals surface area contributed by atoms with Crippen molar-refractivity contribution in [2.75, 3.05) is 6.54 Å². The highest BCUT2D eigenvalue weighted by Gasteiger charge is 2.28. The molecule has 1 heterocycles. The Balaban J connectivity index is 1.94. The molecule has 0 aromatic carbocycles. The van der Waals surface area contributed by atoms with Crippen molar-refractivity contribution in [2.45, 2.75) is 62.5 Å². The molecule has 0 N–H and O–H groups in total. The van der Waals surface area contributed by atoms with Crippen LogP contribution in [0.25, 0.3) is 0 Å². The molecular formula is C14H22N2O2S. The van der Waals surface area contributed by atoms with Gasteiger partial charge in [-0.25, -0.2) is 4.98 Å². The first-order valence-electron chi connectivity index (χ1n) is 7.09. The van der Waals surface area contributed by atoms with Crippen LogP contribution < -0.4 is 0 Å². The third-order valence-corrected chi connectivity index (χ3v) is 4.63. The Bertz CT molecular complexity index is 388. The number of oxazole rings is 1. The predicted octanol–water partition coefficient (Wildman–Crippen LogP) is 3.34. The van der Waals surface area contributed by atoms with Crippen LogP contribution in [0.4, 0.5) is 0 Å². The molecule has 1 saturated carbocycles. The monoisotopic (exact) mass is 282 g/mol. The van der Waals surface area contributed by atoms with Gasteiger partial charge in [0, 0.05) is 12.6 Å². The summed E-state index contributed by atoms with van der Waals surface area (Å²) in [5, 5.41) is 0.432. The maximum Gasteiger partial charge on any atom is 0.256 e. The number of nitrogens with zero attached hydrogens (tertiary/aromatic N) is 2. The van der Waals surface area contributed by atoms with Gasteiger partial charge in [0.2, 0.25) is 5.91 Å². The molecule has 19 heavy (non-hydrogen) atoms. The van der Waals surface area contributed by atoms with Crippen LogP contribution in [0.3, 0.4) is 0 Å². The van der Waals surface area contributed by atoms with E-state index in [0.29, 0.717) is 11.3 Å². The number of amides is 1. The molecular weight excluding hydrogens is 260 g/mol. The number of hydrogen-bond donors (Lipinski definition) is 0. The second-order valence-corrected chi connectivity index (χ2v) is 6.27. The van der Waals surface area contributed by atoms with Crippen molar-refractivity contribution in [1.82, 2.24) is 9.88 Å². The molecule has 5 heteroatoms. The summed E-state index contributed by atoms with van der Waals surface area (Å²) in [6, 6.07) is 0.430. The van der Waals surface area contributed by atoms with E-state index >= 15 is 0 Å². The van der Waals surface area contributed by atoms with E-state index in [-0.39, 0.29) is 11.2 Å². The number of thioether (sulfide) groups is 1. The zero-order valence-corrected chi connectivity index (χ0v) is 12.5. The second kappa shape index (κ2) is 6.98. The fourth-order valence-electron chi connectivity index (χ4n) is 2.69. The topological polar surface area (TPSA) is 46.3 Å². The van der Waals surface area contributed by atoms with Crippen molar-refractivity contribution in [3.05, 3.63) is 12.5 Å². The number of aromatic nitrogens is 1. The lowest BCUT2D eigenvalue weighted by atomic mass is 9.94. The molecule has 2 rings (SSSR count). The van der Waals surface area contributed by atoms with Crippen LogP contribution in [-0.2, 0) is 4.79 Å². The van der Waals surface area contributed by atoms with E-state index in [2.05, 4.69) is 11.9 Å². The van der Waals surface area contributed by atoms with Gasteiger partial charge in [-0.3, -0.25) is 4.79 Å². The third kappa shape index (κ3) is 3.75. The van der Waals surface area contributed by atoms with Gasteiger partial charge in [0.1, 0.15) is 6.26 Å². The number of hydrogen-bond acceptors (Lipinski definition) is 4. The highest BCUT2D eigenvalue weighted by molar-refractivity contribution is 8.00. The fraction of sp³-hybridized carbons (Fsp3) is 0.714. The molecule has 0 spiro atoms. The van der Waals surface area contributed by atoms with Gasteiger partial charge in [0.15, 0.2) is 0 Å². The molecule has 1 aromatic rings. The molecule has 1 amide bonds. The van der Waals surface area contributed by atoms with E-state index < -0.39 is 0 Å². The largest absolute Gasteiger partial charge is 0.440 e. The number of rotatable bonds is 5. The molecule has 0 saturated heterocycles. The molecule has 0 bridgehead atoms. The lowest BCUT2D eigenvalue weighted by Gasteiger charge is -2.34. The molecule has 1 aliphatic rings. The summed E-state index contributed by atoms with van der Waals surface area (Å²) in [4.78, 5) is 18.6. The summed E-state index contributed by atoms with van der Waals surface area (Å²) in [7, 11) is 0. The van der Waals surface area contributed by atoms with Crippen LogP contribution in [0.5, 0.6) is 0 Å². The Kier molecular flexibility index (Phi) is 5.31. The fourth-order valence-corrected chi connectivity index (χ4v) is 3.46. The van der Waals surface area contributed by atoms with Crippen molar-refractivity contribution >= 4 is 17.7 Å².